The third-order valence-electron chi connectivity index (χ3n) is 6.37. The quantitative estimate of drug-likeness (QED) is 0.413. The van der Waals surface area contributed by atoms with Gasteiger partial charge in [-0.15, -0.1) is 0 Å². The molecule has 13 heteroatoms. The molecule has 1 aromatic carbocycles. The van der Waals surface area contributed by atoms with Gasteiger partial charge in [0.2, 0.25) is 5.43 Å². The Morgan fingerprint density at radius 1 is 1.31 bits per heavy atom. The van der Waals surface area contributed by atoms with E-state index in [2.05, 4.69) is 16.1 Å². The van der Waals surface area contributed by atoms with Gasteiger partial charge in [-0.1, -0.05) is 0 Å². The lowest BCUT2D eigenvalue weighted by Crippen LogP contribution is -2.40. The molecule has 2 aromatic rings. The molecule has 1 saturated carbocycles. The molecule has 3 N–H and O–H groups in total. The Balaban J connectivity index is 0.000000527. The fourth-order valence-corrected chi connectivity index (χ4v) is 4.91. The van der Waals surface area contributed by atoms with Crippen LogP contribution in [-0.4, -0.2) is 60.7 Å². The number of nitrogens with zero attached hydrogens (tertiary/aromatic N) is 3. The van der Waals surface area contributed by atoms with Crippen molar-refractivity contribution in [3.8, 4) is 11.8 Å². The maximum Gasteiger partial charge on any atom is 0.511 e. The van der Waals surface area contributed by atoms with Gasteiger partial charge < -0.3 is 24.6 Å². The van der Waals surface area contributed by atoms with Gasteiger partial charge in [-0.25, -0.2) is 9.18 Å². The number of nitriles is 1. The minimum absolute atomic E-state index is 0.0254. The topological polar surface area (TPSA) is 162 Å². The van der Waals surface area contributed by atoms with E-state index in [0.29, 0.717) is 30.8 Å². The molecule has 11 nitrogen and oxygen atoms in total. The normalized spacial score (nSPS) is 21.6. The van der Waals surface area contributed by atoms with E-state index >= 15 is 4.39 Å². The molecule has 2 aliphatic heterocycles. The largest absolute Gasteiger partial charge is 0.511 e. The Kier molecular flexibility index (Phi) is 6.72. The Morgan fingerprint density at radius 3 is 2.57 bits per heavy atom. The zero-order valence-corrected chi connectivity index (χ0v) is 19.7. The molecule has 188 valence electrons. The second-order valence-electron chi connectivity index (χ2n) is 9.02. The predicted octanol–water partition coefficient (Wildman–Crippen LogP) is 2.10. The van der Waals surface area contributed by atoms with Gasteiger partial charge in [0.1, 0.15) is 17.4 Å². The van der Waals surface area contributed by atoms with E-state index < -0.39 is 27.5 Å². The fourth-order valence-electron chi connectivity index (χ4n) is 4.91. The van der Waals surface area contributed by atoms with Gasteiger partial charge in [0.25, 0.3) is 10.1 Å². The Morgan fingerprint density at radius 2 is 2.00 bits per heavy atom. The molecule has 3 heterocycles. The van der Waals surface area contributed by atoms with Crippen LogP contribution in [0.5, 0.6) is 5.75 Å². The first-order chi connectivity index (χ1) is 16.5. The number of hydrogen-bond donors (Lipinski definition) is 3. The Labute approximate surface area is 200 Å². The van der Waals surface area contributed by atoms with Crippen LogP contribution in [0.4, 0.5) is 14.9 Å². The summed E-state index contributed by atoms with van der Waals surface area (Å²) in [5, 5.41) is 22.4. The summed E-state index contributed by atoms with van der Waals surface area (Å²) in [5.41, 5.74) is -0.0404. The minimum Gasteiger partial charge on any atom is -0.449 e. The van der Waals surface area contributed by atoms with Crippen LogP contribution in [0, 0.1) is 23.1 Å². The summed E-state index contributed by atoms with van der Waals surface area (Å²) >= 11 is 0. The van der Waals surface area contributed by atoms with Gasteiger partial charge in [0, 0.05) is 25.2 Å². The number of aromatic nitrogens is 1. The van der Waals surface area contributed by atoms with Crippen molar-refractivity contribution in [3.05, 3.63) is 33.9 Å². The molecule has 0 radical (unpaired) electrons. The average molecular weight is 509 g/mol. The highest BCUT2D eigenvalue weighted by molar-refractivity contribution is 7.85. The van der Waals surface area contributed by atoms with E-state index in [1.54, 1.807) is 4.57 Å². The number of pyridine rings is 1. The number of carbonyl (C=O) groups is 1. The van der Waals surface area contributed by atoms with E-state index in [-0.39, 0.29) is 34.5 Å². The maximum atomic E-state index is 15.3. The van der Waals surface area contributed by atoms with Crippen molar-refractivity contribution in [1.82, 2.24) is 9.88 Å². The molecular formula is C22H25FN4O7S. The molecule has 5 rings (SSSR count). The lowest BCUT2D eigenvalue weighted by Gasteiger charge is -2.24. The van der Waals surface area contributed by atoms with Crippen molar-refractivity contribution in [1.29, 1.82) is 5.26 Å². The first-order valence-corrected chi connectivity index (χ1v) is 13.0. The predicted molar refractivity (Wildman–Crippen MR) is 124 cm³/mol. The third kappa shape index (κ3) is 5.39. The maximum absolute atomic E-state index is 15.3. The highest BCUT2D eigenvalue weighted by atomic mass is 32.2. The monoisotopic (exact) mass is 508 g/mol. The van der Waals surface area contributed by atoms with Crippen LogP contribution in [0.25, 0.3) is 10.9 Å². The van der Waals surface area contributed by atoms with Gasteiger partial charge in [0.05, 0.1) is 29.0 Å². The number of anilines is 1. The number of benzene rings is 1. The summed E-state index contributed by atoms with van der Waals surface area (Å²) in [6, 6.07) is 3.54. The first-order valence-electron chi connectivity index (χ1n) is 11.1. The number of nitrogens with one attached hydrogen (secondary N) is 1. The van der Waals surface area contributed by atoms with Crippen molar-refractivity contribution in [2.75, 3.05) is 30.8 Å². The van der Waals surface area contributed by atoms with Crippen molar-refractivity contribution in [2.24, 2.45) is 5.92 Å². The summed E-state index contributed by atoms with van der Waals surface area (Å²) in [5.74, 6) is -0.628. The number of rotatable bonds is 3. The fraction of sp³-hybridized carbons (Fsp3) is 0.500. The lowest BCUT2D eigenvalue weighted by molar-refractivity contribution is 0.143. The molecule has 0 spiro atoms. The molecule has 3 fully saturated rings. The molecule has 2 saturated heterocycles. The Bertz CT molecular complexity index is 1360. The van der Waals surface area contributed by atoms with Crippen LogP contribution in [-0.2, 0) is 10.1 Å². The summed E-state index contributed by atoms with van der Waals surface area (Å²) in [7, 11) is -3.67. The van der Waals surface area contributed by atoms with Crippen LogP contribution in [0.2, 0.25) is 0 Å². The number of fused-ring (bicyclic) bond motifs is 2. The van der Waals surface area contributed by atoms with Crippen molar-refractivity contribution >= 4 is 32.9 Å². The van der Waals surface area contributed by atoms with E-state index in [1.165, 1.54) is 6.20 Å². The van der Waals surface area contributed by atoms with Crippen molar-refractivity contribution < 1.29 is 32.0 Å². The summed E-state index contributed by atoms with van der Waals surface area (Å²) < 4.78 is 47.5. The van der Waals surface area contributed by atoms with Crippen molar-refractivity contribution in [3.63, 3.8) is 0 Å². The second-order valence-corrected chi connectivity index (χ2v) is 10.5. The van der Waals surface area contributed by atoms with Crippen LogP contribution in [0.1, 0.15) is 37.3 Å². The molecule has 1 aromatic heterocycles. The molecule has 2 atom stereocenters. The molecule has 35 heavy (non-hydrogen) atoms. The van der Waals surface area contributed by atoms with E-state index in [9.17, 15) is 23.3 Å². The summed E-state index contributed by atoms with van der Waals surface area (Å²) in [4.78, 5) is 25.7. The van der Waals surface area contributed by atoms with Crippen LogP contribution in [0.3, 0.4) is 0 Å². The third-order valence-corrected chi connectivity index (χ3v) is 6.37. The van der Waals surface area contributed by atoms with Gasteiger partial charge in [0.15, 0.2) is 5.75 Å². The number of halogens is 1. The zero-order valence-electron chi connectivity index (χ0n) is 18.9. The Hall–Kier alpha value is -3.21. The lowest BCUT2D eigenvalue weighted by atomic mass is 9.94. The average Bonchev–Trinajstić information content (AvgIpc) is 3.52. The van der Waals surface area contributed by atoms with E-state index in [0.717, 1.165) is 38.3 Å². The van der Waals surface area contributed by atoms with E-state index in [1.807, 2.05) is 4.90 Å². The van der Waals surface area contributed by atoms with Crippen LogP contribution in [0.15, 0.2) is 17.1 Å². The van der Waals surface area contributed by atoms with Crippen LogP contribution >= 0.6 is 0 Å². The van der Waals surface area contributed by atoms with Gasteiger partial charge in [-0.2, -0.15) is 13.7 Å². The van der Waals surface area contributed by atoms with Crippen LogP contribution < -0.4 is 20.4 Å². The van der Waals surface area contributed by atoms with Crippen molar-refractivity contribution in [2.45, 2.75) is 37.8 Å². The van der Waals surface area contributed by atoms with Gasteiger partial charge in [-0.3, -0.25) is 9.35 Å². The van der Waals surface area contributed by atoms with Gasteiger partial charge >= 0.3 is 6.16 Å². The minimum atomic E-state index is -3.67. The molecule has 0 amide bonds. The molecule has 0 bridgehead atoms. The summed E-state index contributed by atoms with van der Waals surface area (Å²) in [6.07, 6.45) is 4.25. The molecule has 1 aliphatic carbocycles. The van der Waals surface area contributed by atoms with Gasteiger partial charge in [-0.05, 0) is 44.2 Å². The molecule has 0 unspecified atom stereocenters. The zero-order chi connectivity index (χ0) is 25.5. The second kappa shape index (κ2) is 9.44. The smallest absolute Gasteiger partial charge is 0.449 e. The highest BCUT2D eigenvalue weighted by Gasteiger charge is 2.37. The first kappa shape index (κ1) is 24.9. The number of piperidine rings is 1. The summed E-state index contributed by atoms with van der Waals surface area (Å²) in [6.45, 7) is 2.20. The number of carboxylic acid groups (broad SMARTS) is 1. The van der Waals surface area contributed by atoms with E-state index in [4.69, 9.17) is 9.66 Å². The standard InChI is InChI=1S/C21H21FN4O4.CH4O3S/c22-15-6-13-18(26(12-3-4-12)10-17(20(13)27)30-21(28)29)14(7-23)19(15)25-8-11-2-1-5-24-16(11)9-25;1-5(2,3)4/h6,10-12,16,24H,1-5,8-9H2,(H,28,29);1H3,(H,2,3,4)/t11-,16+;/m0./s1. The molecular weight excluding hydrogens is 483 g/mol. The molecule has 3 aliphatic rings. The number of hydrogen-bond acceptors (Lipinski definition) is 8. The highest BCUT2D eigenvalue weighted by Crippen LogP contribution is 2.41. The number of ether oxygens (including phenoxy) is 1. The SMILES string of the molecule is CS(=O)(=O)O.N#Cc1c(N2C[C@@H]3CCCN[C@@H]3C2)c(F)cc2c(=O)c(OC(=O)O)cn(C3CC3)c12.